The largest absolute Gasteiger partial charge is 0.495 e. The Morgan fingerprint density at radius 2 is 1.67 bits per heavy atom. The molecule has 0 atom stereocenters. The number of methoxy groups -OCH3 is 1. The van der Waals surface area contributed by atoms with Gasteiger partial charge in [-0.1, -0.05) is 33.8 Å². The first-order valence-corrected chi connectivity index (χ1v) is 20.6. The van der Waals surface area contributed by atoms with Gasteiger partial charge in [-0.15, -0.1) is 0 Å². The van der Waals surface area contributed by atoms with Crippen LogP contribution in [0.15, 0.2) is 66.9 Å². The van der Waals surface area contributed by atoms with Gasteiger partial charge in [0.25, 0.3) is 5.91 Å². The van der Waals surface area contributed by atoms with E-state index in [4.69, 9.17) is 14.6 Å². The van der Waals surface area contributed by atoms with Gasteiger partial charge in [0.05, 0.1) is 36.1 Å². The maximum absolute atomic E-state index is 13.6. The number of urea groups is 1. The quantitative estimate of drug-likeness (QED) is 0.183. The van der Waals surface area contributed by atoms with Gasteiger partial charge in [-0.25, -0.2) is 4.79 Å². The molecule has 1 aliphatic carbocycles. The van der Waals surface area contributed by atoms with Gasteiger partial charge in [-0.3, -0.25) is 24.5 Å². The van der Waals surface area contributed by atoms with Crippen LogP contribution >= 0.6 is 0 Å². The number of likely N-dealkylation sites (tertiary alicyclic amines) is 1. The van der Waals surface area contributed by atoms with Crippen molar-refractivity contribution in [1.82, 2.24) is 25.3 Å². The molecule has 3 aliphatic heterocycles. The summed E-state index contributed by atoms with van der Waals surface area (Å²) >= 11 is 0. The van der Waals surface area contributed by atoms with Crippen molar-refractivity contribution >= 4 is 40.1 Å². The summed E-state index contributed by atoms with van der Waals surface area (Å²) in [6, 6.07) is 21.2. The van der Waals surface area contributed by atoms with E-state index in [-0.39, 0.29) is 40.8 Å². The first kappa shape index (κ1) is 39.2. The van der Waals surface area contributed by atoms with Gasteiger partial charge in [0.1, 0.15) is 23.7 Å². The Labute approximate surface area is 340 Å². The molecule has 1 saturated carbocycles. The van der Waals surface area contributed by atoms with Crippen molar-refractivity contribution in [2.45, 2.75) is 78.0 Å². The number of imide groups is 1. The second kappa shape index (κ2) is 15.6. The van der Waals surface area contributed by atoms with Crippen LogP contribution in [0.5, 0.6) is 11.5 Å². The predicted molar refractivity (Wildman–Crippen MR) is 222 cm³/mol. The van der Waals surface area contributed by atoms with E-state index in [0.717, 1.165) is 80.7 Å². The molecule has 58 heavy (non-hydrogen) atoms. The Morgan fingerprint density at radius 3 is 2.34 bits per heavy atom. The number of anilines is 2. The summed E-state index contributed by atoms with van der Waals surface area (Å²) in [5.41, 5.74) is 3.40. The number of amides is 4. The zero-order valence-corrected chi connectivity index (χ0v) is 34.2. The van der Waals surface area contributed by atoms with E-state index in [1.807, 2.05) is 30.5 Å². The van der Waals surface area contributed by atoms with Gasteiger partial charge >= 0.3 is 6.03 Å². The monoisotopic (exact) mass is 786 g/mol. The number of ether oxygens (including phenoxy) is 2. The molecule has 1 aromatic heterocycles. The Kier molecular flexibility index (Phi) is 10.6. The van der Waals surface area contributed by atoms with Crippen molar-refractivity contribution in [1.29, 1.82) is 5.26 Å². The minimum Gasteiger partial charge on any atom is -0.495 e. The highest BCUT2D eigenvalue weighted by Crippen LogP contribution is 2.55. The molecular weight excluding hydrogens is 733 g/mol. The van der Waals surface area contributed by atoms with Crippen molar-refractivity contribution in [2.24, 2.45) is 16.7 Å². The number of nitrogens with one attached hydrogen (secondary N) is 2. The second-order valence-electron chi connectivity index (χ2n) is 17.6. The van der Waals surface area contributed by atoms with Crippen LogP contribution in [0.25, 0.3) is 10.9 Å². The van der Waals surface area contributed by atoms with Gasteiger partial charge in [0.15, 0.2) is 0 Å². The predicted octanol–water partition coefficient (Wildman–Crippen LogP) is 6.53. The van der Waals surface area contributed by atoms with Gasteiger partial charge in [-0.05, 0) is 80.1 Å². The van der Waals surface area contributed by atoms with Gasteiger partial charge in [0, 0.05) is 85.3 Å². The van der Waals surface area contributed by atoms with Gasteiger partial charge in [-0.2, -0.15) is 10.4 Å². The van der Waals surface area contributed by atoms with Crippen molar-refractivity contribution in [3.05, 3.63) is 78.0 Å². The highest BCUT2D eigenvalue weighted by Gasteiger charge is 2.64. The standard InChI is InChI=1S/C45H54N8O5/c1-44(2)41(45(3,4)42(44)58-34-14-11-31(26-46)38(25-34)57-5)49-40(55)30-9-12-32(13-10-30)51-22-15-29(16-23-51)28-50-20-17-33(18-21-50)53-37-8-6-7-36(35(37)27-47-53)52-24-19-39(54)48-43(52)56/h6-14,25,27,29,33,41-42H,15-24,28H2,1-5H3,(H,49,55)(H,48,54,56). The number of fused-ring (bicyclic) bond motifs is 1. The Balaban J connectivity index is 0.801. The lowest BCUT2D eigenvalue weighted by Gasteiger charge is -2.63. The average molecular weight is 787 g/mol. The number of carbonyl (C=O) groups excluding carboxylic acids is 3. The van der Waals surface area contributed by atoms with Crippen LogP contribution in [0.3, 0.4) is 0 Å². The SMILES string of the molecule is COc1cc(OC2C(C)(C)C(NC(=O)c3ccc(N4CCC(CN5CCC(n6ncc7c(N8CCC(=O)NC8=O)cccc76)CC5)CC4)cc3)C2(C)C)ccc1C#N. The lowest BCUT2D eigenvalue weighted by atomic mass is 9.49. The number of hydrogen-bond donors (Lipinski definition) is 2. The first-order valence-electron chi connectivity index (χ1n) is 20.6. The fraction of sp³-hybridized carbons (Fsp3) is 0.489. The topological polar surface area (TPSA) is 145 Å². The lowest BCUT2D eigenvalue weighted by molar-refractivity contribution is -0.164. The highest BCUT2D eigenvalue weighted by atomic mass is 16.5. The molecule has 2 N–H and O–H groups in total. The Morgan fingerprint density at radius 1 is 0.948 bits per heavy atom. The molecule has 13 nitrogen and oxygen atoms in total. The van der Waals surface area contributed by atoms with E-state index < -0.39 is 0 Å². The third kappa shape index (κ3) is 7.34. The van der Waals surface area contributed by atoms with E-state index >= 15 is 0 Å². The molecule has 4 fully saturated rings. The number of hydrogen-bond acceptors (Lipinski definition) is 9. The third-order valence-corrected chi connectivity index (χ3v) is 13.2. The molecule has 3 saturated heterocycles. The Hall–Kier alpha value is -5.61. The van der Waals surface area contributed by atoms with Gasteiger partial charge in [0.2, 0.25) is 5.91 Å². The van der Waals surface area contributed by atoms with E-state index in [1.165, 1.54) is 0 Å². The van der Waals surface area contributed by atoms with Crippen molar-refractivity contribution in [2.75, 3.05) is 56.2 Å². The van der Waals surface area contributed by atoms with Crippen molar-refractivity contribution in [3.8, 4) is 17.6 Å². The lowest BCUT2D eigenvalue weighted by Crippen LogP contribution is -2.74. The summed E-state index contributed by atoms with van der Waals surface area (Å²) in [5, 5.41) is 20.8. The molecular formula is C45H54N8O5. The van der Waals surface area contributed by atoms with Crippen LogP contribution < -0.4 is 29.9 Å². The first-order chi connectivity index (χ1) is 27.9. The molecule has 0 bridgehead atoms. The average Bonchev–Trinajstić information content (AvgIpc) is 3.67. The van der Waals surface area contributed by atoms with E-state index in [2.05, 4.69) is 77.1 Å². The molecule has 4 aromatic rings. The number of piperidine rings is 2. The summed E-state index contributed by atoms with van der Waals surface area (Å²) in [6.07, 6.45) is 6.31. The second-order valence-corrected chi connectivity index (χ2v) is 17.6. The van der Waals surface area contributed by atoms with Crippen molar-refractivity contribution < 1.29 is 23.9 Å². The zero-order chi connectivity index (χ0) is 40.8. The molecule has 13 heteroatoms. The van der Waals surface area contributed by atoms with Crippen LogP contribution in [0.2, 0.25) is 0 Å². The zero-order valence-electron chi connectivity index (χ0n) is 34.2. The number of aromatic nitrogens is 2. The third-order valence-electron chi connectivity index (χ3n) is 13.2. The molecule has 4 amide bonds. The molecule has 4 aliphatic rings. The maximum atomic E-state index is 13.6. The molecule has 0 radical (unpaired) electrons. The summed E-state index contributed by atoms with van der Waals surface area (Å²) in [4.78, 5) is 44.5. The van der Waals surface area contributed by atoms with E-state index in [9.17, 15) is 19.6 Å². The number of rotatable bonds is 10. The van der Waals surface area contributed by atoms with Gasteiger partial charge < -0.3 is 24.6 Å². The summed E-state index contributed by atoms with van der Waals surface area (Å²) in [6.45, 7) is 14.0. The number of carbonyl (C=O) groups is 3. The van der Waals surface area contributed by atoms with E-state index in [0.29, 0.717) is 47.6 Å². The molecule has 0 unspecified atom stereocenters. The molecule has 3 aromatic carbocycles. The summed E-state index contributed by atoms with van der Waals surface area (Å²) in [5.74, 6) is 1.44. The number of benzene rings is 3. The highest BCUT2D eigenvalue weighted by molar-refractivity contribution is 6.09. The Bertz CT molecular complexity index is 2210. The maximum Gasteiger partial charge on any atom is 0.328 e. The van der Waals surface area contributed by atoms with Crippen LogP contribution in [-0.2, 0) is 4.79 Å². The number of nitriles is 1. The van der Waals surface area contributed by atoms with Crippen LogP contribution in [-0.4, -0.2) is 91.1 Å². The fourth-order valence-electron chi connectivity index (χ4n) is 10.3. The summed E-state index contributed by atoms with van der Waals surface area (Å²) < 4.78 is 14.0. The minimum atomic E-state index is -0.377. The van der Waals surface area contributed by atoms with Crippen LogP contribution in [0.1, 0.15) is 81.8 Å². The fourth-order valence-corrected chi connectivity index (χ4v) is 10.3. The smallest absolute Gasteiger partial charge is 0.328 e. The normalized spacial score (nSPS) is 22.6. The molecule has 0 spiro atoms. The van der Waals surface area contributed by atoms with Crippen LogP contribution in [0.4, 0.5) is 16.2 Å². The van der Waals surface area contributed by atoms with Crippen LogP contribution in [0, 0.1) is 28.1 Å². The number of nitrogens with zero attached hydrogens (tertiary/aromatic N) is 6. The summed E-state index contributed by atoms with van der Waals surface area (Å²) in [7, 11) is 1.54. The minimum absolute atomic E-state index is 0.0885. The van der Waals surface area contributed by atoms with E-state index in [1.54, 1.807) is 30.2 Å². The molecule has 4 heterocycles. The van der Waals surface area contributed by atoms with Crippen molar-refractivity contribution in [3.63, 3.8) is 0 Å². The molecule has 304 valence electrons. The molecule has 8 rings (SSSR count).